The van der Waals surface area contributed by atoms with Gasteiger partial charge in [0, 0.05) is 12.8 Å². The lowest BCUT2D eigenvalue weighted by molar-refractivity contribution is -0.386. The van der Waals surface area contributed by atoms with E-state index in [2.05, 4.69) is 5.32 Å². The van der Waals surface area contributed by atoms with Gasteiger partial charge in [-0.1, -0.05) is 18.2 Å². The number of para-hydroxylation sites is 1. The van der Waals surface area contributed by atoms with Gasteiger partial charge in [0.1, 0.15) is 16.3 Å². The molecule has 0 spiro atoms. The van der Waals surface area contributed by atoms with Gasteiger partial charge >= 0.3 is 5.69 Å². The van der Waals surface area contributed by atoms with Gasteiger partial charge in [-0.05, 0) is 36.2 Å². The van der Waals surface area contributed by atoms with Crippen LogP contribution in [-0.2, 0) is 16.4 Å². The lowest BCUT2D eigenvalue weighted by atomic mass is 10.1. The summed E-state index contributed by atoms with van der Waals surface area (Å²) in [6.45, 7) is 2.21. The molecule has 0 saturated heterocycles. The van der Waals surface area contributed by atoms with Crippen molar-refractivity contribution in [2.75, 3.05) is 18.7 Å². The zero-order valence-corrected chi connectivity index (χ0v) is 14.4. The van der Waals surface area contributed by atoms with Crippen molar-refractivity contribution < 1.29 is 18.1 Å². The van der Waals surface area contributed by atoms with Crippen LogP contribution in [0.1, 0.15) is 11.1 Å². The first kappa shape index (κ1) is 17.7. The van der Waals surface area contributed by atoms with E-state index in [1.54, 1.807) is 7.11 Å². The van der Waals surface area contributed by atoms with Crippen molar-refractivity contribution >= 4 is 21.2 Å². The van der Waals surface area contributed by atoms with E-state index in [4.69, 9.17) is 4.74 Å². The van der Waals surface area contributed by atoms with Gasteiger partial charge in [0.05, 0.1) is 12.0 Å². The summed E-state index contributed by atoms with van der Waals surface area (Å²) >= 11 is 0. The third-order valence-electron chi connectivity index (χ3n) is 3.54. The van der Waals surface area contributed by atoms with Gasteiger partial charge in [-0.25, -0.2) is 8.42 Å². The van der Waals surface area contributed by atoms with Gasteiger partial charge < -0.3 is 10.1 Å². The number of sulfone groups is 1. The highest BCUT2D eigenvalue weighted by Crippen LogP contribution is 2.32. The number of methoxy groups -OCH3 is 1. The molecule has 0 unspecified atom stereocenters. The Kier molecular flexibility index (Phi) is 5.08. The first-order valence-corrected chi connectivity index (χ1v) is 8.98. The van der Waals surface area contributed by atoms with E-state index in [0.717, 1.165) is 17.4 Å². The maximum Gasteiger partial charge on any atom is 0.310 e. The molecule has 2 aromatic carbocycles. The quantitative estimate of drug-likeness (QED) is 0.635. The van der Waals surface area contributed by atoms with Crippen molar-refractivity contribution in [3.63, 3.8) is 0 Å². The van der Waals surface area contributed by atoms with Crippen LogP contribution in [0.15, 0.2) is 41.3 Å². The van der Waals surface area contributed by atoms with E-state index in [-0.39, 0.29) is 10.6 Å². The Morgan fingerprint density at radius 3 is 2.54 bits per heavy atom. The molecule has 0 bridgehead atoms. The number of aryl methyl sites for hydroxylation is 1. The largest absolute Gasteiger partial charge is 0.496 e. The number of hydrogen-bond donors (Lipinski definition) is 1. The van der Waals surface area contributed by atoms with Crippen molar-refractivity contribution in [3.8, 4) is 5.75 Å². The fourth-order valence-electron chi connectivity index (χ4n) is 2.32. The summed E-state index contributed by atoms with van der Waals surface area (Å²) in [6, 6.07) is 9.77. The summed E-state index contributed by atoms with van der Waals surface area (Å²) in [5, 5.41) is 14.3. The number of hydrogen-bond acceptors (Lipinski definition) is 6. The molecule has 0 heterocycles. The van der Waals surface area contributed by atoms with Crippen LogP contribution >= 0.6 is 0 Å². The van der Waals surface area contributed by atoms with Crippen molar-refractivity contribution in [2.45, 2.75) is 18.4 Å². The minimum Gasteiger partial charge on any atom is -0.496 e. The number of nitrogens with zero attached hydrogens (tertiary/aromatic N) is 1. The normalized spacial score (nSPS) is 11.1. The smallest absolute Gasteiger partial charge is 0.310 e. The van der Waals surface area contributed by atoms with Gasteiger partial charge in [-0.2, -0.15) is 0 Å². The van der Waals surface area contributed by atoms with E-state index in [1.165, 1.54) is 18.2 Å². The number of nitrogens with one attached hydrogen (secondary N) is 1. The van der Waals surface area contributed by atoms with Crippen molar-refractivity contribution in [3.05, 3.63) is 57.6 Å². The molecule has 0 aliphatic rings. The van der Waals surface area contributed by atoms with Crippen LogP contribution in [0, 0.1) is 17.0 Å². The summed E-state index contributed by atoms with van der Waals surface area (Å²) in [5.74, 6) is 0.716. The minimum atomic E-state index is -3.70. The fraction of sp³-hybridized carbons (Fsp3) is 0.250. The molecule has 0 atom stereocenters. The predicted molar refractivity (Wildman–Crippen MR) is 91.3 cm³/mol. The van der Waals surface area contributed by atoms with Crippen LogP contribution in [-0.4, -0.2) is 26.7 Å². The Balaban J connectivity index is 2.35. The summed E-state index contributed by atoms with van der Waals surface area (Å²) in [4.78, 5) is 10.3. The van der Waals surface area contributed by atoms with E-state index in [0.29, 0.717) is 12.3 Å². The molecule has 1 N–H and O–H groups in total. The average molecular weight is 350 g/mol. The SMILES string of the molecule is COc1cc(CNc2cccc(S(C)(=O)=O)c2[N+](=O)[O-])ccc1C. The number of nitro groups is 1. The summed E-state index contributed by atoms with van der Waals surface area (Å²) in [6.07, 6.45) is 0.948. The van der Waals surface area contributed by atoms with E-state index in [1.807, 2.05) is 25.1 Å². The Bertz CT molecular complexity index is 878. The summed E-state index contributed by atoms with van der Waals surface area (Å²) in [5.41, 5.74) is 1.55. The lowest BCUT2D eigenvalue weighted by Crippen LogP contribution is -2.08. The molecule has 128 valence electrons. The Morgan fingerprint density at radius 2 is 1.96 bits per heavy atom. The summed E-state index contributed by atoms with van der Waals surface area (Å²) < 4.78 is 28.8. The van der Waals surface area contributed by atoms with Crippen LogP contribution in [0.5, 0.6) is 5.75 Å². The Hall–Kier alpha value is -2.61. The van der Waals surface area contributed by atoms with Crippen LogP contribution in [0.2, 0.25) is 0 Å². The van der Waals surface area contributed by atoms with E-state index in [9.17, 15) is 18.5 Å². The van der Waals surface area contributed by atoms with Gasteiger partial charge in [-0.3, -0.25) is 10.1 Å². The third kappa shape index (κ3) is 3.83. The van der Waals surface area contributed by atoms with Crippen molar-refractivity contribution in [1.82, 2.24) is 0 Å². The summed E-state index contributed by atoms with van der Waals surface area (Å²) in [7, 11) is -2.13. The van der Waals surface area contributed by atoms with Gasteiger partial charge in [0.25, 0.3) is 0 Å². The van der Waals surface area contributed by atoms with Gasteiger partial charge in [0.15, 0.2) is 9.84 Å². The highest BCUT2D eigenvalue weighted by Gasteiger charge is 2.25. The molecule has 2 rings (SSSR count). The number of ether oxygens (including phenoxy) is 1. The predicted octanol–water partition coefficient (Wildman–Crippen LogP) is 2.93. The van der Waals surface area contributed by atoms with Gasteiger partial charge in [-0.15, -0.1) is 0 Å². The first-order valence-electron chi connectivity index (χ1n) is 7.09. The second-order valence-corrected chi connectivity index (χ2v) is 7.32. The molecule has 0 saturated carbocycles. The maximum atomic E-state index is 11.8. The molecule has 2 aromatic rings. The fourth-order valence-corrected chi connectivity index (χ4v) is 3.19. The highest BCUT2D eigenvalue weighted by atomic mass is 32.2. The molecule has 0 aliphatic carbocycles. The maximum absolute atomic E-state index is 11.8. The second-order valence-electron chi connectivity index (χ2n) is 5.34. The number of benzene rings is 2. The highest BCUT2D eigenvalue weighted by molar-refractivity contribution is 7.90. The first-order chi connectivity index (χ1) is 11.2. The van der Waals surface area contributed by atoms with E-state index < -0.39 is 20.4 Å². The molecule has 24 heavy (non-hydrogen) atoms. The molecule has 0 aromatic heterocycles. The van der Waals surface area contributed by atoms with Crippen LogP contribution in [0.25, 0.3) is 0 Å². The monoisotopic (exact) mass is 350 g/mol. The zero-order chi connectivity index (χ0) is 17.9. The molecule has 7 nitrogen and oxygen atoms in total. The Labute approximate surface area is 140 Å². The molecular weight excluding hydrogens is 332 g/mol. The van der Waals surface area contributed by atoms with Crippen LogP contribution in [0.4, 0.5) is 11.4 Å². The van der Waals surface area contributed by atoms with Crippen molar-refractivity contribution in [2.24, 2.45) is 0 Å². The average Bonchev–Trinajstić information content (AvgIpc) is 2.52. The standard InChI is InChI=1S/C16H18N2O5S/c1-11-7-8-12(9-14(11)23-2)10-17-13-5-4-6-15(24(3,21)22)16(13)18(19)20/h4-9,17H,10H2,1-3H3. The lowest BCUT2D eigenvalue weighted by Gasteiger charge is -2.11. The molecule has 0 radical (unpaired) electrons. The van der Waals surface area contributed by atoms with Gasteiger partial charge in [0.2, 0.25) is 0 Å². The van der Waals surface area contributed by atoms with Crippen molar-refractivity contribution in [1.29, 1.82) is 0 Å². The molecule has 0 amide bonds. The van der Waals surface area contributed by atoms with Crippen LogP contribution < -0.4 is 10.1 Å². The third-order valence-corrected chi connectivity index (χ3v) is 4.66. The molecule has 0 aliphatic heterocycles. The second kappa shape index (κ2) is 6.88. The topological polar surface area (TPSA) is 98.5 Å². The zero-order valence-electron chi connectivity index (χ0n) is 13.6. The van der Waals surface area contributed by atoms with Crippen LogP contribution in [0.3, 0.4) is 0 Å². The molecule has 8 heteroatoms. The number of rotatable bonds is 6. The molecule has 0 fully saturated rings. The Morgan fingerprint density at radius 1 is 1.25 bits per heavy atom. The number of anilines is 1. The minimum absolute atomic E-state index is 0.155. The van der Waals surface area contributed by atoms with E-state index >= 15 is 0 Å². The molecular formula is C16H18N2O5S. The number of nitro benzene ring substituents is 1.